The molecule has 0 saturated heterocycles. The number of hydrogen-bond donors (Lipinski definition) is 1. The van der Waals surface area contributed by atoms with E-state index in [2.05, 4.69) is 19.1 Å². The molecule has 0 unspecified atom stereocenters. The Hall–Kier alpha value is -0.670. The van der Waals surface area contributed by atoms with Gasteiger partial charge in [-0.15, -0.1) is 0 Å². The first-order chi connectivity index (χ1) is 7.31. The Bertz CT molecular complexity index is 302. The standard InChI is InChI=1S/C12H19NOS/c1-3-6-15-9-10-4-5-12(14-2)11(7-10)8-13/h4-5,7H,3,6,8-9,13H2,1-2H3. The average Bonchev–Trinajstić information content (AvgIpc) is 2.29. The number of methoxy groups -OCH3 is 1. The number of thioether (sulfide) groups is 1. The molecular formula is C12H19NOS. The summed E-state index contributed by atoms with van der Waals surface area (Å²) in [5.41, 5.74) is 8.08. The summed E-state index contributed by atoms with van der Waals surface area (Å²) < 4.78 is 5.23. The van der Waals surface area contributed by atoms with Gasteiger partial charge in [0.2, 0.25) is 0 Å². The summed E-state index contributed by atoms with van der Waals surface area (Å²) in [6, 6.07) is 6.26. The van der Waals surface area contributed by atoms with Crippen LogP contribution in [0.1, 0.15) is 24.5 Å². The Morgan fingerprint density at radius 2 is 2.20 bits per heavy atom. The summed E-state index contributed by atoms with van der Waals surface area (Å²) in [7, 11) is 1.68. The predicted octanol–water partition coefficient (Wildman–Crippen LogP) is 2.80. The largest absolute Gasteiger partial charge is 0.496 e. The first-order valence-corrected chi connectivity index (χ1v) is 6.40. The van der Waals surface area contributed by atoms with E-state index in [1.165, 1.54) is 17.7 Å². The zero-order valence-electron chi connectivity index (χ0n) is 9.45. The van der Waals surface area contributed by atoms with E-state index in [1.54, 1.807) is 7.11 Å². The van der Waals surface area contributed by atoms with Gasteiger partial charge in [0, 0.05) is 17.9 Å². The number of hydrogen-bond acceptors (Lipinski definition) is 3. The fraction of sp³-hybridized carbons (Fsp3) is 0.500. The fourth-order valence-corrected chi connectivity index (χ4v) is 2.26. The van der Waals surface area contributed by atoms with E-state index < -0.39 is 0 Å². The Balaban J connectivity index is 2.66. The van der Waals surface area contributed by atoms with Crippen LogP contribution >= 0.6 is 11.8 Å². The zero-order chi connectivity index (χ0) is 11.1. The second-order valence-electron chi connectivity index (χ2n) is 3.40. The maximum Gasteiger partial charge on any atom is 0.123 e. The summed E-state index contributed by atoms with van der Waals surface area (Å²) >= 11 is 1.96. The number of nitrogens with two attached hydrogens (primary N) is 1. The molecule has 1 aromatic rings. The van der Waals surface area contributed by atoms with E-state index in [4.69, 9.17) is 10.5 Å². The summed E-state index contributed by atoms with van der Waals surface area (Å²) in [6.07, 6.45) is 1.23. The molecule has 0 aliphatic heterocycles. The third-order valence-corrected chi connectivity index (χ3v) is 3.42. The van der Waals surface area contributed by atoms with Crippen LogP contribution in [0.2, 0.25) is 0 Å². The van der Waals surface area contributed by atoms with Gasteiger partial charge in [0.05, 0.1) is 7.11 Å². The summed E-state index contributed by atoms with van der Waals surface area (Å²) in [4.78, 5) is 0. The second-order valence-corrected chi connectivity index (χ2v) is 4.51. The molecule has 0 aromatic heterocycles. The fourth-order valence-electron chi connectivity index (χ4n) is 1.42. The van der Waals surface area contributed by atoms with Gasteiger partial charge >= 0.3 is 0 Å². The molecule has 0 atom stereocenters. The maximum absolute atomic E-state index is 5.66. The predicted molar refractivity (Wildman–Crippen MR) is 67.3 cm³/mol. The Morgan fingerprint density at radius 1 is 1.40 bits per heavy atom. The average molecular weight is 225 g/mol. The molecule has 0 fully saturated rings. The van der Waals surface area contributed by atoms with Crippen molar-refractivity contribution in [3.05, 3.63) is 29.3 Å². The molecule has 0 heterocycles. The minimum absolute atomic E-state index is 0.537. The van der Waals surface area contributed by atoms with Gasteiger partial charge in [-0.3, -0.25) is 0 Å². The van der Waals surface area contributed by atoms with Crippen molar-refractivity contribution in [3.8, 4) is 5.75 Å². The highest BCUT2D eigenvalue weighted by atomic mass is 32.2. The van der Waals surface area contributed by atoms with Crippen LogP contribution < -0.4 is 10.5 Å². The number of rotatable bonds is 6. The van der Waals surface area contributed by atoms with Crippen molar-refractivity contribution in [2.24, 2.45) is 5.73 Å². The number of benzene rings is 1. The number of ether oxygens (including phenoxy) is 1. The topological polar surface area (TPSA) is 35.2 Å². The summed E-state index contributed by atoms with van der Waals surface area (Å²) in [6.45, 7) is 2.74. The quantitative estimate of drug-likeness (QED) is 0.756. The minimum atomic E-state index is 0.537. The molecule has 1 aromatic carbocycles. The van der Waals surface area contributed by atoms with Crippen LogP contribution in [0, 0.1) is 0 Å². The molecule has 2 nitrogen and oxygen atoms in total. The van der Waals surface area contributed by atoms with Crippen molar-refractivity contribution >= 4 is 11.8 Å². The van der Waals surface area contributed by atoms with Crippen molar-refractivity contribution in [2.45, 2.75) is 25.6 Å². The van der Waals surface area contributed by atoms with Gasteiger partial charge in [0.25, 0.3) is 0 Å². The van der Waals surface area contributed by atoms with Crippen LogP contribution in [0.4, 0.5) is 0 Å². The third-order valence-electron chi connectivity index (χ3n) is 2.18. The van der Waals surface area contributed by atoms with Crippen LogP contribution in [0.3, 0.4) is 0 Å². The molecule has 3 heteroatoms. The Kier molecular flexibility index (Phi) is 5.58. The lowest BCUT2D eigenvalue weighted by Gasteiger charge is -2.08. The summed E-state index contributed by atoms with van der Waals surface area (Å²) in [5, 5.41) is 0. The van der Waals surface area contributed by atoms with Gasteiger partial charge in [-0.05, 0) is 29.9 Å². The molecule has 15 heavy (non-hydrogen) atoms. The molecular weight excluding hydrogens is 206 g/mol. The molecule has 0 aliphatic carbocycles. The molecule has 84 valence electrons. The van der Waals surface area contributed by atoms with Crippen molar-refractivity contribution in [1.29, 1.82) is 0 Å². The normalized spacial score (nSPS) is 10.3. The minimum Gasteiger partial charge on any atom is -0.496 e. The lowest BCUT2D eigenvalue weighted by molar-refractivity contribution is 0.409. The first-order valence-electron chi connectivity index (χ1n) is 5.25. The van der Waals surface area contributed by atoms with Gasteiger partial charge in [-0.1, -0.05) is 13.0 Å². The highest BCUT2D eigenvalue weighted by Crippen LogP contribution is 2.22. The van der Waals surface area contributed by atoms with Crippen molar-refractivity contribution in [2.75, 3.05) is 12.9 Å². The molecule has 0 spiro atoms. The van der Waals surface area contributed by atoms with E-state index in [0.717, 1.165) is 17.1 Å². The van der Waals surface area contributed by atoms with E-state index in [-0.39, 0.29) is 0 Å². The molecule has 2 N–H and O–H groups in total. The van der Waals surface area contributed by atoms with Crippen LogP contribution in [0.5, 0.6) is 5.75 Å². The highest BCUT2D eigenvalue weighted by Gasteiger charge is 2.02. The van der Waals surface area contributed by atoms with Crippen LogP contribution in [-0.4, -0.2) is 12.9 Å². The van der Waals surface area contributed by atoms with Gasteiger partial charge < -0.3 is 10.5 Å². The van der Waals surface area contributed by atoms with E-state index in [9.17, 15) is 0 Å². The van der Waals surface area contributed by atoms with E-state index >= 15 is 0 Å². The highest BCUT2D eigenvalue weighted by molar-refractivity contribution is 7.98. The SMILES string of the molecule is CCCSCc1ccc(OC)c(CN)c1. The Morgan fingerprint density at radius 3 is 2.80 bits per heavy atom. The first kappa shape index (κ1) is 12.4. The summed E-state index contributed by atoms with van der Waals surface area (Å²) in [5.74, 6) is 3.16. The van der Waals surface area contributed by atoms with Crippen molar-refractivity contribution in [3.63, 3.8) is 0 Å². The van der Waals surface area contributed by atoms with Gasteiger partial charge in [0.15, 0.2) is 0 Å². The van der Waals surface area contributed by atoms with Gasteiger partial charge in [-0.2, -0.15) is 11.8 Å². The lowest BCUT2D eigenvalue weighted by Crippen LogP contribution is -2.00. The van der Waals surface area contributed by atoms with Crippen molar-refractivity contribution < 1.29 is 4.74 Å². The maximum atomic E-state index is 5.66. The van der Waals surface area contributed by atoms with E-state index in [1.807, 2.05) is 17.8 Å². The third kappa shape index (κ3) is 3.76. The molecule has 0 amide bonds. The van der Waals surface area contributed by atoms with E-state index in [0.29, 0.717) is 6.54 Å². The monoisotopic (exact) mass is 225 g/mol. The van der Waals surface area contributed by atoms with Crippen molar-refractivity contribution in [1.82, 2.24) is 0 Å². The van der Waals surface area contributed by atoms with Crippen LogP contribution in [0.15, 0.2) is 18.2 Å². The molecule has 0 aliphatic rings. The van der Waals surface area contributed by atoms with Gasteiger partial charge in [-0.25, -0.2) is 0 Å². The van der Waals surface area contributed by atoms with Crippen LogP contribution in [0.25, 0.3) is 0 Å². The van der Waals surface area contributed by atoms with Gasteiger partial charge in [0.1, 0.15) is 5.75 Å². The molecule has 1 rings (SSSR count). The molecule has 0 radical (unpaired) electrons. The smallest absolute Gasteiger partial charge is 0.123 e. The zero-order valence-corrected chi connectivity index (χ0v) is 10.3. The molecule has 0 saturated carbocycles. The molecule has 0 bridgehead atoms. The Labute approximate surface area is 96.2 Å². The van der Waals surface area contributed by atoms with Crippen LogP contribution in [-0.2, 0) is 12.3 Å². The second kappa shape index (κ2) is 6.75. The lowest BCUT2D eigenvalue weighted by atomic mass is 10.1.